The Balaban J connectivity index is 2.27. The predicted octanol–water partition coefficient (Wildman–Crippen LogP) is 3.79. The maximum absolute atomic E-state index is 12.5. The van der Waals surface area contributed by atoms with Gasteiger partial charge in [-0.2, -0.15) is 5.26 Å². The highest BCUT2D eigenvalue weighted by molar-refractivity contribution is 5.95. The molecule has 6 heteroatoms. The quantitative estimate of drug-likeness (QED) is 0.855. The molecule has 26 heavy (non-hydrogen) atoms. The van der Waals surface area contributed by atoms with Gasteiger partial charge < -0.3 is 15.4 Å². The summed E-state index contributed by atoms with van der Waals surface area (Å²) in [5.41, 5.74) is 2.44. The summed E-state index contributed by atoms with van der Waals surface area (Å²) in [6, 6.07) is 11.0. The SMILES string of the molecule is COc1ccc(Nc2cc(C)cc(C#N)c2)nc1C(=O)NCC(C)(C)C. The van der Waals surface area contributed by atoms with E-state index in [1.807, 2.05) is 33.8 Å². The predicted molar refractivity (Wildman–Crippen MR) is 102 cm³/mol. The molecule has 0 bridgehead atoms. The molecule has 0 unspecified atom stereocenters. The van der Waals surface area contributed by atoms with Crippen LogP contribution in [-0.4, -0.2) is 24.5 Å². The molecule has 0 saturated heterocycles. The van der Waals surface area contributed by atoms with Gasteiger partial charge in [0.15, 0.2) is 5.69 Å². The minimum absolute atomic E-state index is 0.0337. The van der Waals surface area contributed by atoms with Crippen molar-refractivity contribution in [3.05, 3.63) is 47.2 Å². The van der Waals surface area contributed by atoms with Gasteiger partial charge in [-0.25, -0.2) is 4.98 Å². The normalized spacial score (nSPS) is 10.8. The first-order valence-electron chi connectivity index (χ1n) is 8.34. The molecular weight excluding hydrogens is 328 g/mol. The van der Waals surface area contributed by atoms with E-state index < -0.39 is 0 Å². The number of methoxy groups -OCH3 is 1. The Hall–Kier alpha value is -3.07. The first kappa shape index (κ1) is 19.3. The Kier molecular flexibility index (Phi) is 5.83. The maximum Gasteiger partial charge on any atom is 0.273 e. The number of hydrogen-bond acceptors (Lipinski definition) is 5. The minimum Gasteiger partial charge on any atom is -0.494 e. The van der Waals surface area contributed by atoms with E-state index in [9.17, 15) is 4.79 Å². The summed E-state index contributed by atoms with van der Waals surface area (Å²) in [7, 11) is 1.50. The molecule has 0 spiro atoms. The number of nitrogens with one attached hydrogen (secondary N) is 2. The van der Waals surface area contributed by atoms with E-state index in [0.717, 1.165) is 11.3 Å². The number of nitrogens with zero attached hydrogens (tertiary/aromatic N) is 2. The van der Waals surface area contributed by atoms with Crippen molar-refractivity contribution >= 4 is 17.4 Å². The van der Waals surface area contributed by atoms with E-state index in [0.29, 0.717) is 23.7 Å². The monoisotopic (exact) mass is 352 g/mol. The fourth-order valence-corrected chi connectivity index (χ4v) is 2.34. The number of hydrogen-bond donors (Lipinski definition) is 2. The number of pyridine rings is 1. The highest BCUT2D eigenvalue weighted by Gasteiger charge is 2.18. The Labute approximate surface area is 154 Å². The molecule has 0 radical (unpaired) electrons. The summed E-state index contributed by atoms with van der Waals surface area (Å²) in [5.74, 6) is 0.618. The third-order valence-corrected chi connectivity index (χ3v) is 3.55. The molecular formula is C20H24N4O2. The fraction of sp³-hybridized carbons (Fsp3) is 0.350. The summed E-state index contributed by atoms with van der Waals surface area (Å²) in [5, 5.41) is 15.1. The average molecular weight is 352 g/mol. The van der Waals surface area contributed by atoms with Crippen molar-refractivity contribution in [1.82, 2.24) is 10.3 Å². The second-order valence-corrected chi connectivity index (χ2v) is 7.32. The Morgan fingerprint density at radius 1 is 1.27 bits per heavy atom. The van der Waals surface area contributed by atoms with Crippen LogP contribution in [0.2, 0.25) is 0 Å². The zero-order valence-electron chi connectivity index (χ0n) is 15.8. The van der Waals surface area contributed by atoms with Crippen molar-refractivity contribution in [2.24, 2.45) is 5.41 Å². The van der Waals surface area contributed by atoms with Gasteiger partial charge in [-0.1, -0.05) is 20.8 Å². The van der Waals surface area contributed by atoms with Gasteiger partial charge in [-0.05, 0) is 48.2 Å². The smallest absolute Gasteiger partial charge is 0.273 e. The van der Waals surface area contributed by atoms with Crippen LogP contribution in [0.15, 0.2) is 30.3 Å². The summed E-state index contributed by atoms with van der Waals surface area (Å²) in [4.78, 5) is 16.9. The molecule has 0 aliphatic carbocycles. The van der Waals surface area contributed by atoms with Crippen molar-refractivity contribution in [3.8, 4) is 11.8 Å². The number of aromatic nitrogens is 1. The van der Waals surface area contributed by atoms with Crippen LogP contribution in [-0.2, 0) is 0 Å². The Morgan fingerprint density at radius 2 is 2.00 bits per heavy atom. The molecule has 136 valence electrons. The van der Waals surface area contributed by atoms with E-state index in [2.05, 4.69) is 21.7 Å². The first-order valence-corrected chi connectivity index (χ1v) is 8.34. The number of carbonyl (C=O) groups is 1. The van der Waals surface area contributed by atoms with Crippen molar-refractivity contribution in [3.63, 3.8) is 0 Å². The number of carbonyl (C=O) groups excluding carboxylic acids is 1. The molecule has 1 aromatic heterocycles. The van der Waals surface area contributed by atoms with Crippen LogP contribution in [0, 0.1) is 23.7 Å². The van der Waals surface area contributed by atoms with Gasteiger partial charge in [0.25, 0.3) is 5.91 Å². The highest BCUT2D eigenvalue weighted by atomic mass is 16.5. The zero-order valence-corrected chi connectivity index (χ0v) is 15.8. The van der Waals surface area contributed by atoms with Crippen LogP contribution < -0.4 is 15.4 Å². The van der Waals surface area contributed by atoms with Crippen molar-refractivity contribution in [2.45, 2.75) is 27.7 Å². The van der Waals surface area contributed by atoms with E-state index in [1.54, 1.807) is 24.3 Å². The lowest BCUT2D eigenvalue weighted by Gasteiger charge is -2.19. The number of benzene rings is 1. The molecule has 0 fully saturated rings. The van der Waals surface area contributed by atoms with Crippen LogP contribution in [0.1, 0.15) is 42.4 Å². The molecule has 6 nitrogen and oxygen atoms in total. The summed E-state index contributed by atoms with van der Waals surface area (Å²) < 4.78 is 5.27. The lowest BCUT2D eigenvalue weighted by atomic mass is 9.97. The number of amides is 1. The molecule has 1 heterocycles. The van der Waals surface area contributed by atoms with Crippen LogP contribution in [0.4, 0.5) is 11.5 Å². The maximum atomic E-state index is 12.5. The molecule has 2 N–H and O–H groups in total. The van der Waals surface area contributed by atoms with Gasteiger partial charge in [0.05, 0.1) is 18.7 Å². The number of rotatable bonds is 5. The average Bonchev–Trinajstić information content (AvgIpc) is 2.58. The second-order valence-electron chi connectivity index (χ2n) is 7.32. The topological polar surface area (TPSA) is 87.0 Å². The Morgan fingerprint density at radius 3 is 2.62 bits per heavy atom. The summed E-state index contributed by atoms with van der Waals surface area (Å²) >= 11 is 0. The third-order valence-electron chi connectivity index (χ3n) is 3.55. The zero-order chi connectivity index (χ0) is 19.3. The van der Waals surface area contributed by atoms with E-state index in [4.69, 9.17) is 10.00 Å². The Bertz CT molecular complexity index is 848. The fourth-order valence-electron chi connectivity index (χ4n) is 2.34. The highest BCUT2D eigenvalue weighted by Crippen LogP contribution is 2.23. The number of nitriles is 1. The van der Waals surface area contributed by atoms with Gasteiger partial charge in [0, 0.05) is 12.2 Å². The van der Waals surface area contributed by atoms with Gasteiger partial charge in [0.1, 0.15) is 11.6 Å². The molecule has 1 aromatic carbocycles. The summed E-state index contributed by atoms with van der Waals surface area (Å²) in [6.07, 6.45) is 0. The molecule has 1 amide bonds. The standard InChI is InChI=1S/C20H24N4O2/c1-13-8-14(11-21)10-15(9-13)23-17-7-6-16(26-5)18(24-17)19(25)22-12-20(2,3)4/h6-10H,12H2,1-5H3,(H,22,25)(H,23,24). The molecule has 0 aliphatic heterocycles. The number of anilines is 2. The van der Waals surface area contributed by atoms with Crippen LogP contribution in [0.5, 0.6) is 5.75 Å². The van der Waals surface area contributed by atoms with Crippen LogP contribution in [0.3, 0.4) is 0 Å². The number of ether oxygens (including phenoxy) is 1. The lowest BCUT2D eigenvalue weighted by molar-refractivity contribution is 0.0931. The molecule has 2 rings (SSSR count). The van der Waals surface area contributed by atoms with E-state index in [1.165, 1.54) is 7.11 Å². The number of aryl methyl sites for hydroxylation is 1. The largest absolute Gasteiger partial charge is 0.494 e. The van der Waals surface area contributed by atoms with E-state index >= 15 is 0 Å². The van der Waals surface area contributed by atoms with Crippen molar-refractivity contribution in [1.29, 1.82) is 5.26 Å². The molecule has 0 atom stereocenters. The van der Waals surface area contributed by atoms with Crippen LogP contribution in [0.25, 0.3) is 0 Å². The first-order chi connectivity index (χ1) is 12.2. The molecule has 2 aromatic rings. The van der Waals surface area contributed by atoms with Gasteiger partial charge >= 0.3 is 0 Å². The van der Waals surface area contributed by atoms with Gasteiger partial charge in [-0.15, -0.1) is 0 Å². The molecule has 0 aliphatic rings. The summed E-state index contributed by atoms with van der Waals surface area (Å²) in [6.45, 7) is 8.57. The van der Waals surface area contributed by atoms with Crippen LogP contribution >= 0.6 is 0 Å². The van der Waals surface area contributed by atoms with Crippen molar-refractivity contribution in [2.75, 3.05) is 19.0 Å². The minimum atomic E-state index is -0.289. The van der Waals surface area contributed by atoms with Gasteiger partial charge in [0.2, 0.25) is 0 Å². The van der Waals surface area contributed by atoms with E-state index in [-0.39, 0.29) is 17.0 Å². The molecule has 0 saturated carbocycles. The lowest BCUT2D eigenvalue weighted by Crippen LogP contribution is -2.33. The van der Waals surface area contributed by atoms with Gasteiger partial charge in [-0.3, -0.25) is 4.79 Å². The third kappa shape index (κ3) is 5.21. The van der Waals surface area contributed by atoms with Crippen molar-refractivity contribution < 1.29 is 9.53 Å². The second kappa shape index (κ2) is 7.87.